The van der Waals surface area contributed by atoms with Crippen LogP contribution in [-0.4, -0.2) is 32.5 Å². The van der Waals surface area contributed by atoms with Crippen molar-refractivity contribution in [1.29, 1.82) is 0 Å². The van der Waals surface area contributed by atoms with Crippen molar-refractivity contribution in [2.24, 2.45) is 0 Å². The molecule has 0 aromatic heterocycles. The fourth-order valence-electron chi connectivity index (χ4n) is 1.93. The number of carbonyl (C=O) groups is 1. The molecule has 7 nitrogen and oxygen atoms in total. The third kappa shape index (κ3) is 4.94. The third-order valence-corrected chi connectivity index (χ3v) is 2.94. The average molecular weight is 283 g/mol. The molecule has 0 spiro atoms. The smallest absolute Gasteiger partial charge is 0.335 e. The van der Waals surface area contributed by atoms with Crippen LogP contribution >= 0.6 is 0 Å². The maximum Gasteiger partial charge on any atom is 0.335 e. The monoisotopic (exact) mass is 283 g/mol. The molecule has 0 unspecified atom stereocenters. The number of aliphatic hydroxyl groups excluding tert-OH is 1. The van der Waals surface area contributed by atoms with E-state index in [2.05, 4.69) is 0 Å². The highest BCUT2D eigenvalue weighted by Gasteiger charge is 2.14. The number of nitro benzene ring substituents is 1. The summed E-state index contributed by atoms with van der Waals surface area (Å²) in [5, 5.41) is 37.1. The SMILES string of the molecule is O=C(O)c1ccc([N+](=O)[O-])cc1CCCCCC(O)O. The van der Waals surface area contributed by atoms with Crippen molar-refractivity contribution >= 4 is 11.7 Å². The van der Waals surface area contributed by atoms with E-state index in [-0.39, 0.29) is 17.7 Å². The molecule has 0 aliphatic rings. The molecule has 3 N–H and O–H groups in total. The van der Waals surface area contributed by atoms with Crippen LogP contribution in [0.2, 0.25) is 0 Å². The van der Waals surface area contributed by atoms with Crippen LogP contribution in [-0.2, 0) is 6.42 Å². The first-order valence-electron chi connectivity index (χ1n) is 6.28. The number of nitro groups is 1. The fraction of sp³-hybridized carbons (Fsp3) is 0.462. The Morgan fingerprint density at radius 2 is 1.95 bits per heavy atom. The highest BCUT2D eigenvalue weighted by molar-refractivity contribution is 5.89. The molecule has 1 aromatic rings. The molecule has 0 radical (unpaired) electrons. The maximum atomic E-state index is 11.0. The Hall–Kier alpha value is -1.99. The number of non-ortho nitro benzene ring substituents is 1. The van der Waals surface area contributed by atoms with Crippen LogP contribution in [0.15, 0.2) is 18.2 Å². The number of aliphatic hydroxyl groups is 2. The number of hydrogen-bond donors (Lipinski definition) is 3. The van der Waals surface area contributed by atoms with E-state index < -0.39 is 17.2 Å². The lowest BCUT2D eigenvalue weighted by Crippen LogP contribution is -2.05. The van der Waals surface area contributed by atoms with Crippen molar-refractivity contribution in [3.63, 3.8) is 0 Å². The zero-order valence-corrected chi connectivity index (χ0v) is 10.9. The second-order valence-electron chi connectivity index (χ2n) is 4.48. The van der Waals surface area contributed by atoms with Gasteiger partial charge in [-0.1, -0.05) is 6.42 Å². The van der Waals surface area contributed by atoms with Gasteiger partial charge in [-0.15, -0.1) is 0 Å². The van der Waals surface area contributed by atoms with Gasteiger partial charge in [-0.25, -0.2) is 4.79 Å². The van der Waals surface area contributed by atoms with Gasteiger partial charge in [-0.2, -0.15) is 0 Å². The van der Waals surface area contributed by atoms with Gasteiger partial charge in [0.15, 0.2) is 6.29 Å². The molecule has 0 fully saturated rings. The zero-order valence-electron chi connectivity index (χ0n) is 10.9. The zero-order chi connectivity index (χ0) is 15.1. The van der Waals surface area contributed by atoms with Gasteiger partial charge in [0.2, 0.25) is 0 Å². The van der Waals surface area contributed by atoms with Gasteiger partial charge in [-0.05, 0) is 37.3 Å². The van der Waals surface area contributed by atoms with Crippen LogP contribution in [0, 0.1) is 10.1 Å². The summed E-state index contributed by atoms with van der Waals surface area (Å²) in [6.07, 6.45) is 1.27. The average Bonchev–Trinajstić information content (AvgIpc) is 2.37. The van der Waals surface area contributed by atoms with Gasteiger partial charge < -0.3 is 15.3 Å². The summed E-state index contributed by atoms with van der Waals surface area (Å²) in [4.78, 5) is 21.2. The molecule has 110 valence electrons. The number of carboxylic acids is 1. The van der Waals surface area contributed by atoms with Crippen molar-refractivity contribution in [3.8, 4) is 0 Å². The Morgan fingerprint density at radius 1 is 1.25 bits per heavy atom. The first kappa shape index (κ1) is 16.1. The largest absolute Gasteiger partial charge is 0.478 e. The number of benzene rings is 1. The lowest BCUT2D eigenvalue weighted by molar-refractivity contribution is -0.384. The van der Waals surface area contributed by atoms with Gasteiger partial charge in [0.1, 0.15) is 0 Å². The third-order valence-electron chi connectivity index (χ3n) is 2.94. The lowest BCUT2D eigenvalue weighted by Gasteiger charge is -2.07. The molecule has 0 amide bonds. The summed E-state index contributed by atoms with van der Waals surface area (Å²) >= 11 is 0. The van der Waals surface area contributed by atoms with Crippen molar-refractivity contribution < 1.29 is 25.0 Å². The number of carboxylic acid groups (broad SMARTS) is 1. The van der Waals surface area contributed by atoms with E-state index in [0.717, 1.165) is 0 Å². The lowest BCUT2D eigenvalue weighted by atomic mass is 10.00. The first-order chi connectivity index (χ1) is 9.41. The minimum absolute atomic E-state index is 0.0674. The van der Waals surface area contributed by atoms with Crippen molar-refractivity contribution in [2.45, 2.75) is 38.4 Å². The Kier molecular flexibility index (Phi) is 6.08. The molecule has 7 heteroatoms. The van der Waals surface area contributed by atoms with E-state index in [1.54, 1.807) is 0 Å². The summed E-state index contributed by atoms with van der Waals surface area (Å²) in [6.45, 7) is 0. The molecule has 20 heavy (non-hydrogen) atoms. The minimum atomic E-state index is -1.33. The van der Waals surface area contributed by atoms with Crippen LogP contribution in [0.4, 0.5) is 5.69 Å². The summed E-state index contributed by atoms with van der Waals surface area (Å²) in [6, 6.07) is 3.70. The Bertz CT molecular complexity index is 486. The molecule has 0 aliphatic heterocycles. The van der Waals surface area contributed by atoms with Crippen molar-refractivity contribution in [1.82, 2.24) is 0 Å². The van der Waals surface area contributed by atoms with Crippen molar-refractivity contribution in [2.75, 3.05) is 0 Å². The van der Waals surface area contributed by atoms with Crippen LogP contribution in [0.1, 0.15) is 41.6 Å². The fourth-order valence-corrected chi connectivity index (χ4v) is 1.93. The van der Waals surface area contributed by atoms with Crippen LogP contribution in [0.3, 0.4) is 0 Å². The number of unbranched alkanes of at least 4 members (excludes halogenated alkanes) is 2. The number of aromatic carboxylic acids is 1. The highest BCUT2D eigenvalue weighted by atomic mass is 16.6. The van der Waals surface area contributed by atoms with Crippen LogP contribution in [0.25, 0.3) is 0 Å². The van der Waals surface area contributed by atoms with E-state index in [1.807, 2.05) is 0 Å². The van der Waals surface area contributed by atoms with Crippen LogP contribution < -0.4 is 0 Å². The summed E-state index contributed by atoms with van der Waals surface area (Å²) < 4.78 is 0. The predicted molar refractivity (Wildman–Crippen MR) is 70.5 cm³/mol. The summed E-state index contributed by atoms with van der Waals surface area (Å²) in [5.41, 5.74) is 0.366. The molecule has 0 aliphatic carbocycles. The molecular formula is C13H17NO6. The molecular weight excluding hydrogens is 266 g/mol. The first-order valence-corrected chi connectivity index (χ1v) is 6.28. The second kappa shape index (κ2) is 7.56. The van der Waals surface area contributed by atoms with E-state index in [4.69, 9.17) is 15.3 Å². The van der Waals surface area contributed by atoms with Gasteiger partial charge in [0.05, 0.1) is 10.5 Å². The number of aryl methyl sites for hydroxylation is 1. The Labute approximate surface area is 115 Å². The standard InChI is InChI=1S/C13H17NO6/c15-12(16)5-3-1-2-4-9-8-10(14(19)20)6-7-11(9)13(17)18/h6-8,12,15-16H,1-5H2,(H,17,18). The Morgan fingerprint density at radius 3 is 2.50 bits per heavy atom. The molecule has 0 heterocycles. The Balaban J connectivity index is 2.68. The maximum absolute atomic E-state index is 11.0. The number of hydrogen-bond acceptors (Lipinski definition) is 5. The van der Waals surface area contributed by atoms with E-state index >= 15 is 0 Å². The molecule has 0 saturated carbocycles. The predicted octanol–water partition coefficient (Wildman–Crippen LogP) is 1.71. The minimum Gasteiger partial charge on any atom is -0.478 e. The van der Waals surface area contributed by atoms with E-state index in [0.29, 0.717) is 31.2 Å². The van der Waals surface area contributed by atoms with Crippen LogP contribution in [0.5, 0.6) is 0 Å². The topological polar surface area (TPSA) is 121 Å². The van der Waals surface area contributed by atoms with E-state index in [1.165, 1.54) is 18.2 Å². The van der Waals surface area contributed by atoms with Gasteiger partial charge in [0.25, 0.3) is 5.69 Å². The normalized spacial score (nSPS) is 10.8. The molecule has 0 atom stereocenters. The number of nitrogens with zero attached hydrogens (tertiary/aromatic N) is 1. The van der Waals surface area contributed by atoms with E-state index in [9.17, 15) is 14.9 Å². The van der Waals surface area contributed by atoms with Crippen molar-refractivity contribution in [3.05, 3.63) is 39.4 Å². The summed E-state index contributed by atoms with van der Waals surface area (Å²) in [5.74, 6) is -1.11. The van der Waals surface area contributed by atoms with Gasteiger partial charge >= 0.3 is 5.97 Å². The molecule has 0 saturated heterocycles. The quantitative estimate of drug-likeness (QED) is 0.289. The summed E-state index contributed by atoms with van der Waals surface area (Å²) in [7, 11) is 0. The molecule has 1 rings (SSSR count). The second-order valence-corrected chi connectivity index (χ2v) is 4.48. The number of rotatable bonds is 8. The van der Waals surface area contributed by atoms with Gasteiger partial charge in [-0.3, -0.25) is 10.1 Å². The highest BCUT2D eigenvalue weighted by Crippen LogP contribution is 2.20. The van der Waals surface area contributed by atoms with Gasteiger partial charge in [0, 0.05) is 12.1 Å². The molecule has 1 aromatic carbocycles. The molecule has 0 bridgehead atoms.